The highest BCUT2D eigenvalue weighted by molar-refractivity contribution is 9.10. The van der Waals surface area contributed by atoms with Crippen LogP contribution >= 0.6 is 15.9 Å². The van der Waals surface area contributed by atoms with Gasteiger partial charge in [0.25, 0.3) is 0 Å². The van der Waals surface area contributed by atoms with Crippen molar-refractivity contribution in [3.63, 3.8) is 0 Å². The molecular formula is C8H5BrFO2-. The monoisotopic (exact) mass is 231 g/mol. The van der Waals surface area contributed by atoms with E-state index >= 15 is 0 Å². The second-order valence-corrected chi connectivity index (χ2v) is 3.20. The molecule has 0 saturated carbocycles. The lowest BCUT2D eigenvalue weighted by Crippen LogP contribution is -2.24. The van der Waals surface area contributed by atoms with Gasteiger partial charge in [0.15, 0.2) is 0 Å². The molecule has 1 rings (SSSR count). The Morgan fingerprint density at radius 2 is 2.25 bits per heavy atom. The molecule has 0 heterocycles. The highest BCUT2D eigenvalue weighted by Crippen LogP contribution is 2.15. The lowest BCUT2D eigenvalue weighted by Gasteiger charge is -2.03. The molecule has 0 spiro atoms. The van der Waals surface area contributed by atoms with Gasteiger partial charge in [-0.25, -0.2) is 4.39 Å². The molecule has 0 saturated heterocycles. The van der Waals surface area contributed by atoms with E-state index in [2.05, 4.69) is 15.9 Å². The second-order valence-electron chi connectivity index (χ2n) is 2.28. The van der Waals surface area contributed by atoms with Crippen molar-refractivity contribution in [2.45, 2.75) is 6.42 Å². The summed E-state index contributed by atoms with van der Waals surface area (Å²) in [5, 5.41) is 10.1. The first-order valence-electron chi connectivity index (χ1n) is 3.23. The molecule has 0 bridgehead atoms. The molecule has 0 unspecified atom stereocenters. The largest absolute Gasteiger partial charge is 0.550 e. The summed E-state index contributed by atoms with van der Waals surface area (Å²) in [5.74, 6) is -1.81. The predicted octanol–water partition coefficient (Wildman–Crippen LogP) is 0.881. The predicted molar refractivity (Wildman–Crippen MR) is 42.8 cm³/mol. The van der Waals surface area contributed by atoms with E-state index < -0.39 is 18.2 Å². The zero-order valence-electron chi connectivity index (χ0n) is 6.01. The Labute approximate surface area is 77.2 Å². The number of carboxylic acids is 1. The number of hydrogen-bond donors (Lipinski definition) is 0. The molecule has 4 heteroatoms. The van der Waals surface area contributed by atoms with Gasteiger partial charge in [-0.3, -0.25) is 0 Å². The van der Waals surface area contributed by atoms with Crippen LogP contribution in [0, 0.1) is 5.82 Å². The highest BCUT2D eigenvalue weighted by atomic mass is 79.9. The third-order valence-corrected chi connectivity index (χ3v) is 1.84. The Morgan fingerprint density at radius 3 is 2.83 bits per heavy atom. The Morgan fingerprint density at radius 1 is 1.58 bits per heavy atom. The molecule has 0 radical (unpaired) electrons. The summed E-state index contributed by atoms with van der Waals surface area (Å²) in [6.07, 6.45) is -0.398. The van der Waals surface area contributed by atoms with Gasteiger partial charge in [-0.05, 0) is 23.8 Å². The van der Waals surface area contributed by atoms with Gasteiger partial charge in [-0.1, -0.05) is 15.9 Å². The van der Waals surface area contributed by atoms with E-state index in [0.717, 1.165) is 0 Å². The molecule has 0 aliphatic rings. The van der Waals surface area contributed by atoms with Crippen LogP contribution in [-0.2, 0) is 11.2 Å². The van der Waals surface area contributed by atoms with Gasteiger partial charge in [-0.15, -0.1) is 0 Å². The first kappa shape index (κ1) is 9.19. The van der Waals surface area contributed by atoms with Crippen molar-refractivity contribution in [1.82, 2.24) is 0 Å². The lowest BCUT2D eigenvalue weighted by atomic mass is 10.1. The van der Waals surface area contributed by atoms with Crippen molar-refractivity contribution in [3.05, 3.63) is 34.1 Å². The minimum atomic E-state index is -1.29. The Kier molecular flexibility index (Phi) is 2.81. The van der Waals surface area contributed by atoms with Crippen LogP contribution in [0.15, 0.2) is 22.7 Å². The van der Waals surface area contributed by atoms with Crippen molar-refractivity contribution < 1.29 is 14.3 Å². The molecule has 2 nitrogen and oxygen atoms in total. The molecule has 0 atom stereocenters. The van der Waals surface area contributed by atoms with E-state index in [1.54, 1.807) is 0 Å². The molecular weight excluding hydrogens is 227 g/mol. The summed E-state index contributed by atoms with van der Waals surface area (Å²) < 4.78 is 13.5. The molecule has 0 aliphatic heterocycles. The van der Waals surface area contributed by atoms with Crippen molar-refractivity contribution in [3.8, 4) is 0 Å². The Hall–Kier alpha value is -0.900. The average Bonchev–Trinajstić information content (AvgIpc) is 1.96. The number of aliphatic carboxylic acids is 1. The second kappa shape index (κ2) is 3.67. The Balaban J connectivity index is 2.97. The molecule has 0 N–H and O–H groups in total. The van der Waals surface area contributed by atoms with Crippen LogP contribution in [0.3, 0.4) is 0 Å². The number of carboxylic acid groups (broad SMARTS) is 1. The van der Waals surface area contributed by atoms with Crippen LogP contribution in [0.5, 0.6) is 0 Å². The van der Waals surface area contributed by atoms with E-state index in [1.165, 1.54) is 18.2 Å². The van der Waals surface area contributed by atoms with Gasteiger partial charge in [0.2, 0.25) is 0 Å². The van der Waals surface area contributed by atoms with Gasteiger partial charge >= 0.3 is 0 Å². The third kappa shape index (κ3) is 2.30. The molecule has 1 aromatic carbocycles. The fraction of sp³-hybridized carbons (Fsp3) is 0.125. The minimum Gasteiger partial charge on any atom is -0.550 e. The average molecular weight is 232 g/mol. The van der Waals surface area contributed by atoms with Gasteiger partial charge < -0.3 is 9.90 Å². The smallest absolute Gasteiger partial charge is 0.126 e. The number of rotatable bonds is 2. The molecule has 12 heavy (non-hydrogen) atoms. The number of carbonyl (C=O) groups is 1. The summed E-state index contributed by atoms with van der Waals surface area (Å²) in [5.41, 5.74) is 0.129. The maximum atomic E-state index is 12.8. The quantitative estimate of drug-likeness (QED) is 0.759. The number of benzene rings is 1. The van der Waals surface area contributed by atoms with E-state index in [9.17, 15) is 14.3 Å². The van der Waals surface area contributed by atoms with Crippen LogP contribution in [0.4, 0.5) is 4.39 Å². The van der Waals surface area contributed by atoms with E-state index in [4.69, 9.17) is 0 Å². The normalized spacial score (nSPS) is 9.83. The third-order valence-electron chi connectivity index (χ3n) is 1.34. The Bertz CT molecular complexity index is 312. The van der Waals surface area contributed by atoms with Crippen LogP contribution in [0.2, 0.25) is 0 Å². The maximum Gasteiger partial charge on any atom is 0.126 e. The summed E-state index contributed by atoms with van der Waals surface area (Å²) >= 11 is 3.11. The van der Waals surface area contributed by atoms with Crippen LogP contribution in [0.1, 0.15) is 5.56 Å². The zero-order valence-corrected chi connectivity index (χ0v) is 7.60. The van der Waals surface area contributed by atoms with Crippen LogP contribution in [-0.4, -0.2) is 5.97 Å². The van der Waals surface area contributed by atoms with Gasteiger partial charge in [0.1, 0.15) is 5.82 Å². The van der Waals surface area contributed by atoms with E-state index in [-0.39, 0.29) is 5.56 Å². The SMILES string of the molecule is O=C([O-])Cc1cc(Br)ccc1F. The van der Waals surface area contributed by atoms with Gasteiger partial charge in [0, 0.05) is 16.9 Å². The van der Waals surface area contributed by atoms with Crippen molar-refractivity contribution >= 4 is 21.9 Å². The van der Waals surface area contributed by atoms with Crippen molar-refractivity contribution in [2.24, 2.45) is 0 Å². The van der Waals surface area contributed by atoms with E-state index in [0.29, 0.717) is 4.47 Å². The standard InChI is InChI=1S/C8H6BrFO2/c9-6-1-2-7(10)5(3-6)4-8(11)12/h1-3H,4H2,(H,11,12)/p-1. The first-order valence-corrected chi connectivity index (χ1v) is 4.02. The molecule has 0 aromatic heterocycles. The number of hydrogen-bond acceptors (Lipinski definition) is 2. The van der Waals surface area contributed by atoms with Crippen molar-refractivity contribution in [1.29, 1.82) is 0 Å². The summed E-state index contributed by atoms with van der Waals surface area (Å²) in [4.78, 5) is 10.1. The summed E-state index contributed by atoms with van der Waals surface area (Å²) in [7, 11) is 0. The first-order chi connectivity index (χ1) is 5.59. The van der Waals surface area contributed by atoms with Gasteiger partial charge in [0.05, 0.1) is 0 Å². The van der Waals surface area contributed by atoms with Crippen LogP contribution in [0.25, 0.3) is 0 Å². The van der Waals surface area contributed by atoms with Crippen LogP contribution < -0.4 is 5.11 Å². The van der Waals surface area contributed by atoms with E-state index in [1.807, 2.05) is 0 Å². The topological polar surface area (TPSA) is 40.1 Å². The van der Waals surface area contributed by atoms with Crippen molar-refractivity contribution in [2.75, 3.05) is 0 Å². The summed E-state index contributed by atoms with van der Waals surface area (Å²) in [6.45, 7) is 0. The fourth-order valence-corrected chi connectivity index (χ4v) is 1.24. The minimum absolute atomic E-state index is 0.129. The number of halogens is 2. The molecule has 1 aromatic rings. The lowest BCUT2D eigenvalue weighted by molar-refractivity contribution is -0.304. The molecule has 0 amide bonds. The maximum absolute atomic E-state index is 12.8. The summed E-state index contributed by atoms with van der Waals surface area (Å²) in [6, 6.07) is 4.14. The van der Waals surface area contributed by atoms with Gasteiger partial charge in [-0.2, -0.15) is 0 Å². The molecule has 64 valence electrons. The number of carbonyl (C=O) groups excluding carboxylic acids is 1. The molecule has 0 aliphatic carbocycles. The molecule has 0 fully saturated rings. The highest BCUT2D eigenvalue weighted by Gasteiger charge is 2.02. The fourth-order valence-electron chi connectivity index (χ4n) is 0.834. The zero-order chi connectivity index (χ0) is 9.14.